The van der Waals surface area contributed by atoms with Gasteiger partial charge in [0, 0.05) is 23.1 Å². The number of aryl methyl sites for hydroxylation is 2. The van der Waals surface area contributed by atoms with Crippen LogP contribution in [-0.4, -0.2) is 58.3 Å². The van der Waals surface area contributed by atoms with Gasteiger partial charge >= 0.3 is 0 Å². The van der Waals surface area contributed by atoms with Gasteiger partial charge < -0.3 is 15.0 Å². The zero-order valence-electron chi connectivity index (χ0n) is 18.4. The minimum absolute atomic E-state index is 0.0497. The molecule has 32 heavy (non-hydrogen) atoms. The van der Waals surface area contributed by atoms with E-state index in [1.165, 1.54) is 7.11 Å². The first-order valence-corrected chi connectivity index (χ1v) is 13.9. The molecule has 0 spiro atoms. The summed E-state index contributed by atoms with van der Waals surface area (Å²) in [7, 11) is -5.99. The third kappa shape index (κ3) is 4.29. The van der Waals surface area contributed by atoms with Gasteiger partial charge in [-0.3, -0.25) is 0 Å². The average molecular weight is 477 g/mol. The number of para-hydroxylation sites is 1. The summed E-state index contributed by atoms with van der Waals surface area (Å²) in [5, 5.41) is 3.26. The smallest absolute Gasteiger partial charge is 0.187 e. The van der Waals surface area contributed by atoms with Crippen molar-refractivity contribution in [2.45, 2.75) is 36.5 Å². The number of benzene rings is 2. The van der Waals surface area contributed by atoms with Crippen LogP contribution in [0.1, 0.15) is 16.7 Å². The van der Waals surface area contributed by atoms with E-state index in [2.05, 4.69) is 10.3 Å². The maximum atomic E-state index is 13.6. The Labute approximate surface area is 189 Å². The quantitative estimate of drug-likeness (QED) is 0.543. The van der Waals surface area contributed by atoms with Crippen LogP contribution in [-0.2, 0) is 26.1 Å². The molecule has 2 N–H and O–H groups in total. The molecule has 2 aromatic carbocycles. The molecule has 1 fully saturated rings. The van der Waals surface area contributed by atoms with E-state index < -0.39 is 36.7 Å². The number of aromatic nitrogens is 1. The number of nitrogens with one attached hydrogen (secondary N) is 2. The van der Waals surface area contributed by atoms with E-state index >= 15 is 0 Å². The van der Waals surface area contributed by atoms with Crippen molar-refractivity contribution in [2.24, 2.45) is 0 Å². The standard InChI is InChI=1S/C23H28N2O5S2/c1-15-10-21(30-3)22(11-16(15)2)32(28,29)23-14-31(26,27)13-20(23)24-9-8-17-12-25-19-7-5-4-6-18(17)19/h4-7,10-12,20,23-25H,8-9,13-14H2,1-3H3/t20-,23-/m0/s1. The molecule has 2 heterocycles. The molecule has 3 aromatic rings. The van der Waals surface area contributed by atoms with Crippen LogP contribution in [0.2, 0.25) is 0 Å². The molecule has 0 saturated carbocycles. The number of fused-ring (bicyclic) bond motifs is 1. The highest BCUT2D eigenvalue weighted by Gasteiger charge is 2.46. The summed E-state index contributed by atoms with van der Waals surface area (Å²) in [5.74, 6) is -0.344. The molecule has 0 unspecified atom stereocenters. The zero-order valence-corrected chi connectivity index (χ0v) is 20.0. The molecular weight excluding hydrogens is 448 g/mol. The van der Waals surface area contributed by atoms with Gasteiger partial charge in [-0.15, -0.1) is 0 Å². The molecule has 0 bridgehead atoms. The second kappa shape index (κ2) is 8.53. The lowest BCUT2D eigenvalue weighted by atomic mass is 10.1. The van der Waals surface area contributed by atoms with E-state index in [4.69, 9.17) is 4.74 Å². The Bertz CT molecular complexity index is 1360. The van der Waals surface area contributed by atoms with Crippen LogP contribution in [0.4, 0.5) is 0 Å². The summed E-state index contributed by atoms with van der Waals surface area (Å²) >= 11 is 0. The number of hydrogen-bond acceptors (Lipinski definition) is 6. The maximum absolute atomic E-state index is 13.6. The highest BCUT2D eigenvalue weighted by Crippen LogP contribution is 2.33. The molecular formula is C23H28N2O5S2. The van der Waals surface area contributed by atoms with Crippen molar-refractivity contribution in [3.8, 4) is 5.75 Å². The molecule has 0 radical (unpaired) electrons. The van der Waals surface area contributed by atoms with E-state index in [1.54, 1.807) is 12.1 Å². The fourth-order valence-electron chi connectivity index (χ4n) is 4.35. The molecule has 4 rings (SSSR count). The van der Waals surface area contributed by atoms with Crippen molar-refractivity contribution in [3.05, 3.63) is 59.3 Å². The fraction of sp³-hybridized carbons (Fsp3) is 0.391. The summed E-state index contributed by atoms with van der Waals surface area (Å²) in [5.41, 5.74) is 3.86. The first-order chi connectivity index (χ1) is 15.1. The fourth-order valence-corrected chi connectivity index (χ4v) is 9.29. The zero-order chi connectivity index (χ0) is 23.1. The van der Waals surface area contributed by atoms with Gasteiger partial charge in [0.2, 0.25) is 0 Å². The van der Waals surface area contributed by atoms with E-state index in [1.807, 2.05) is 44.3 Å². The van der Waals surface area contributed by atoms with Crippen molar-refractivity contribution < 1.29 is 21.6 Å². The van der Waals surface area contributed by atoms with Crippen molar-refractivity contribution in [1.82, 2.24) is 10.3 Å². The monoisotopic (exact) mass is 476 g/mol. The maximum Gasteiger partial charge on any atom is 0.187 e. The molecule has 1 saturated heterocycles. The van der Waals surface area contributed by atoms with Gasteiger partial charge in [-0.2, -0.15) is 0 Å². The van der Waals surface area contributed by atoms with Crippen LogP contribution in [0.25, 0.3) is 10.9 Å². The Balaban J connectivity index is 1.58. The molecule has 172 valence electrons. The van der Waals surface area contributed by atoms with E-state index in [9.17, 15) is 16.8 Å². The number of hydrogen-bond donors (Lipinski definition) is 2. The van der Waals surface area contributed by atoms with Gasteiger partial charge in [0.25, 0.3) is 0 Å². The predicted molar refractivity (Wildman–Crippen MR) is 126 cm³/mol. The number of sulfone groups is 2. The Morgan fingerprint density at radius 1 is 1.12 bits per heavy atom. The van der Waals surface area contributed by atoms with Crippen LogP contribution in [0.5, 0.6) is 5.75 Å². The lowest BCUT2D eigenvalue weighted by Gasteiger charge is -2.21. The molecule has 1 aromatic heterocycles. The third-order valence-electron chi connectivity index (χ3n) is 6.26. The Kier molecular flexibility index (Phi) is 6.08. The number of H-pyrrole nitrogens is 1. The minimum Gasteiger partial charge on any atom is -0.495 e. The molecule has 7 nitrogen and oxygen atoms in total. The van der Waals surface area contributed by atoms with Crippen LogP contribution < -0.4 is 10.1 Å². The van der Waals surface area contributed by atoms with Gasteiger partial charge in [0.15, 0.2) is 19.7 Å². The Morgan fingerprint density at radius 2 is 1.84 bits per heavy atom. The second-order valence-electron chi connectivity index (χ2n) is 8.42. The van der Waals surface area contributed by atoms with E-state index in [-0.39, 0.29) is 16.4 Å². The molecule has 2 atom stereocenters. The Morgan fingerprint density at radius 3 is 2.59 bits per heavy atom. The second-order valence-corrected chi connectivity index (χ2v) is 12.7. The summed E-state index contributed by atoms with van der Waals surface area (Å²) in [6, 6.07) is 10.5. The van der Waals surface area contributed by atoms with Gasteiger partial charge in [-0.1, -0.05) is 18.2 Å². The molecule has 1 aliphatic rings. The Hall–Kier alpha value is -2.36. The summed E-state index contributed by atoms with van der Waals surface area (Å²) < 4.78 is 57.3. The normalized spacial score (nSPS) is 20.6. The van der Waals surface area contributed by atoms with Crippen molar-refractivity contribution >= 4 is 30.6 Å². The summed E-state index contributed by atoms with van der Waals surface area (Å²) in [4.78, 5) is 3.27. The molecule has 9 heteroatoms. The van der Waals surface area contributed by atoms with Crippen LogP contribution >= 0.6 is 0 Å². The lowest BCUT2D eigenvalue weighted by molar-refractivity contribution is 0.401. The molecule has 0 amide bonds. The number of aromatic amines is 1. The average Bonchev–Trinajstić information content (AvgIpc) is 3.30. The molecule has 1 aliphatic heterocycles. The van der Waals surface area contributed by atoms with Crippen LogP contribution in [0, 0.1) is 13.8 Å². The minimum atomic E-state index is -3.93. The first kappa shape index (κ1) is 22.8. The van der Waals surface area contributed by atoms with Gasteiger partial charge in [-0.25, -0.2) is 16.8 Å². The number of methoxy groups -OCH3 is 1. The van der Waals surface area contributed by atoms with Gasteiger partial charge in [-0.05, 0) is 61.7 Å². The lowest BCUT2D eigenvalue weighted by Crippen LogP contribution is -2.44. The van der Waals surface area contributed by atoms with Crippen LogP contribution in [0.15, 0.2) is 47.5 Å². The van der Waals surface area contributed by atoms with Crippen molar-refractivity contribution in [1.29, 1.82) is 0 Å². The van der Waals surface area contributed by atoms with E-state index in [0.717, 1.165) is 27.6 Å². The van der Waals surface area contributed by atoms with Gasteiger partial charge in [0.05, 0.1) is 23.9 Å². The summed E-state index contributed by atoms with van der Waals surface area (Å²) in [6.45, 7) is 4.18. The summed E-state index contributed by atoms with van der Waals surface area (Å²) in [6.07, 6.45) is 2.59. The number of ether oxygens (including phenoxy) is 1. The van der Waals surface area contributed by atoms with Gasteiger partial charge in [0.1, 0.15) is 10.6 Å². The van der Waals surface area contributed by atoms with E-state index in [0.29, 0.717) is 13.0 Å². The first-order valence-electron chi connectivity index (χ1n) is 10.5. The van der Waals surface area contributed by atoms with Crippen molar-refractivity contribution in [3.63, 3.8) is 0 Å². The predicted octanol–water partition coefficient (Wildman–Crippen LogP) is 2.56. The highest BCUT2D eigenvalue weighted by molar-refractivity contribution is 7.96. The number of rotatable bonds is 7. The molecule has 0 aliphatic carbocycles. The highest BCUT2D eigenvalue weighted by atomic mass is 32.2. The third-order valence-corrected chi connectivity index (χ3v) is 10.4. The topological polar surface area (TPSA) is 105 Å². The van der Waals surface area contributed by atoms with Crippen LogP contribution in [0.3, 0.4) is 0 Å². The largest absolute Gasteiger partial charge is 0.495 e. The van der Waals surface area contributed by atoms with Crippen molar-refractivity contribution in [2.75, 3.05) is 25.2 Å². The SMILES string of the molecule is COc1cc(C)c(C)cc1S(=O)(=O)[C@H]1CS(=O)(=O)C[C@@H]1NCCc1c[nH]c2ccccc12.